The first-order chi connectivity index (χ1) is 7.27. The molecule has 1 aromatic rings. The van der Waals surface area contributed by atoms with E-state index in [1.807, 2.05) is 0 Å². The highest BCUT2D eigenvalue weighted by atomic mass is 15.2. The van der Waals surface area contributed by atoms with Crippen molar-refractivity contribution in [3.05, 3.63) is 35.4 Å². The number of hydrogen-bond donors (Lipinski definition) is 1. The number of benzene rings is 1. The minimum absolute atomic E-state index is 0.713. The zero-order valence-electron chi connectivity index (χ0n) is 9.66. The SMILES string of the molecule is Cc1ccccc1CN(C)[C@H]1CCNC1. The molecule has 0 aliphatic carbocycles. The largest absolute Gasteiger partial charge is 0.315 e. The van der Waals surface area contributed by atoms with Crippen LogP contribution in [0.25, 0.3) is 0 Å². The molecule has 82 valence electrons. The van der Waals surface area contributed by atoms with Crippen molar-refractivity contribution in [1.29, 1.82) is 0 Å². The fourth-order valence-corrected chi connectivity index (χ4v) is 2.20. The average Bonchev–Trinajstić information content (AvgIpc) is 2.74. The highest BCUT2D eigenvalue weighted by Gasteiger charge is 2.19. The van der Waals surface area contributed by atoms with Gasteiger partial charge >= 0.3 is 0 Å². The maximum Gasteiger partial charge on any atom is 0.0236 e. The van der Waals surface area contributed by atoms with Gasteiger partial charge in [-0.3, -0.25) is 4.90 Å². The van der Waals surface area contributed by atoms with Gasteiger partial charge in [0.25, 0.3) is 0 Å². The van der Waals surface area contributed by atoms with E-state index < -0.39 is 0 Å². The van der Waals surface area contributed by atoms with Crippen molar-refractivity contribution >= 4 is 0 Å². The molecular formula is C13H20N2. The molecule has 1 saturated heterocycles. The van der Waals surface area contributed by atoms with Gasteiger partial charge in [0, 0.05) is 19.1 Å². The van der Waals surface area contributed by atoms with Crippen LogP contribution < -0.4 is 5.32 Å². The van der Waals surface area contributed by atoms with Crippen LogP contribution in [0, 0.1) is 6.92 Å². The maximum absolute atomic E-state index is 3.41. The molecule has 2 nitrogen and oxygen atoms in total. The molecule has 0 aromatic heterocycles. The molecule has 1 aliphatic heterocycles. The Morgan fingerprint density at radius 2 is 2.20 bits per heavy atom. The molecule has 1 heterocycles. The van der Waals surface area contributed by atoms with Gasteiger partial charge in [-0.25, -0.2) is 0 Å². The average molecular weight is 204 g/mol. The van der Waals surface area contributed by atoms with Crippen molar-refractivity contribution in [2.45, 2.75) is 25.9 Å². The molecule has 0 radical (unpaired) electrons. The summed E-state index contributed by atoms with van der Waals surface area (Å²) in [6.07, 6.45) is 1.28. The van der Waals surface area contributed by atoms with E-state index >= 15 is 0 Å². The third kappa shape index (κ3) is 2.58. The van der Waals surface area contributed by atoms with Gasteiger partial charge in [0.2, 0.25) is 0 Å². The van der Waals surface area contributed by atoms with E-state index in [0.717, 1.165) is 13.1 Å². The highest BCUT2D eigenvalue weighted by Crippen LogP contribution is 2.13. The molecule has 0 bridgehead atoms. The second-order valence-electron chi connectivity index (χ2n) is 4.49. The molecule has 0 spiro atoms. The second-order valence-corrected chi connectivity index (χ2v) is 4.49. The molecule has 0 unspecified atom stereocenters. The molecule has 1 N–H and O–H groups in total. The summed E-state index contributed by atoms with van der Waals surface area (Å²) >= 11 is 0. The van der Waals surface area contributed by atoms with Crippen LogP contribution in [0.2, 0.25) is 0 Å². The Morgan fingerprint density at radius 3 is 2.87 bits per heavy atom. The summed E-state index contributed by atoms with van der Waals surface area (Å²) in [7, 11) is 2.23. The van der Waals surface area contributed by atoms with Gasteiger partial charge in [0.05, 0.1) is 0 Å². The molecule has 2 heteroatoms. The molecule has 1 fully saturated rings. The summed E-state index contributed by atoms with van der Waals surface area (Å²) in [5.74, 6) is 0. The standard InChI is InChI=1S/C13H20N2/c1-11-5-3-4-6-12(11)10-15(2)13-7-8-14-9-13/h3-6,13-14H,7-10H2,1-2H3/t13-/m0/s1. The molecule has 2 rings (SSSR count). The van der Waals surface area contributed by atoms with Crippen LogP contribution in [-0.4, -0.2) is 31.1 Å². The third-order valence-corrected chi connectivity index (χ3v) is 3.34. The predicted molar refractivity (Wildman–Crippen MR) is 63.9 cm³/mol. The Labute approximate surface area is 92.3 Å². The number of aryl methyl sites for hydroxylation is 1. The van der Waals surface area contributed by atoms with Gasteiger partial charge in [-0.15, -0.1) is 0 Å². The van der Waals surface area contributed by atoms with Gasteiger partial charge in [-0.05, 0) is 38.1 Å². The first-order valence-electron chi connectivity index (χ1n) is 5.73. The summed E-state index contributed by atoms with van der Waals surface area (Å²) in [6.45, 7) is 5.57. The van der Waals surface area contributed by atoms with Crippen molar-refractivity contribution < 1.29 is 0 Å². The Bertz CT molecular complexity index is 316. The van der Waals surface area contributed by atoms with Crippen molar-refractivity contribution in [2.24, 2.45) is 0 Å². The predicted octanol–water partition coefficient (Wildman–Crippen LogP) is 1.79. The molecule has 0 saturated carbocycles. The molecule has 1 atom stereocenters. The van der Waals surface area contributed by atoms with E-state index in [1.165, 1.54) is 24.1 Å². The summed E-state index contributed by atoms with van der Waals surface area (Å²) < 4.78 is 0. The van der Waals surface area contributed by atoms with Crippen LogP contribution in [0.5, 0.6) is 0 Å². The van der Waals surface area contributed by atoms with Crippen LogP contribution in [0.1, 0.15) is 17.5 Å². The van der Waals surface area contributed by atoms with Gasteiger partial charge < -0.3 is 5.32 Å². The third-order valence-electron chi connectivity index (χ3n) is 3.34. The molecule has 1 aromatic carbocycles. The first-order valence-corrected chi connectivity index (χ1v) is 5.73. The minimum Gasteiger partial charge on any atom is -0.315 e. The van der Waals surface area contributed by atoms with Crippen LogP contribution in [0.3, 0.4) is 0 Å². The lowest BCUT2D eigenvalue weighted by molar-refractivity contribution is 0.248. The summed E-state index contributed by atoms with van der Waals surface area (Å²) in [5.41, 5.74) is 2.85. The molecule has 15 heavy (non-hydrogen) atoms. The van der Waals surface area contributed by atoms with E-state index in [9.17, 15) is 0 Å². The fraction of sp³-hybridized carbons (Fsp3) is 0.538. The van der Waals surface area contributed by atoms with Gasteiger partial charge in [0.15, 0.2) is 0 Å². The Morgan fingerprint density at radius 1 is 1.40 bits per heavy atom. The van der Waals surface area contributed by atoms with E-state index in [2.05, 4.69) is 48.5 Å². The maximum atomic E-state index is 3.41. The fourth-order valence-electron chi connectivity index (χ4n) is 2.20. The van der Waals surface area contributed by atoms with Gasteiger partial charge in [0.1, 0.15) is 0 Å². The van der Waals surface area contributed by atoms with E-state index in [1.54, 1.807) is 0 Å². The Balaban J connectivity index is 1.99. The van der Waals surface area contributed by atoms with Crippen molar-refractivity contribution in [1.82, 2.24) is 10.2 Å². The van der Waals surface area contributed by atoms with Crippen molar-refractivity contribution in [3.8, 4) is 0 Å². The summed E-state index contributed by atoms with van der Waals surface area (Å²) in [5, 5.41) is 3.41. The summed E-state index contributed by atoms with van der Waals surface area (Å²) in [4.78, 5) is 2.46. The highest BCUT2D eigenvalue weighted by molar-refractivity contribution is 5.25. The second kappa shape index (κ2) is 4.77. The van der Waals surface area contributed by atoms with Crippen LogP contribution in [0.4, 0.5) is 0 Å². The van der Waals surface area contributed by atoms with Crippen LogP contribution >= 0.6 is 0 Å². The lowest BCUT2D eigenvalue weighted by Crippen LogP contribution is -2.33. The quantitative estimate of drug-likeness (QED) is 0.807. The smallest absolute Gasteiger partial charge is 0.0236 e. The minimum atomic E-state index is 0.713. The Kier molecular flexibility index (Phi) is 3.39. The molecular weight excluding hydrogens is 184 g/mol. The van der Waals surface area contributed by atoms with Gasteiger partial charge in [-0.1, -0.05) is 24.3 Å². The van der Waals surface area contributed by atoms with E-state index in [0.29, 0.717) is 6.04 Å². The summed E-state index contributed by atoms with van der Waals surface area (Å²) in [6, 6.07) is 9.37. The van der Waals surface area contributed by atoms with Gasteiger partial charge in [-0.2, -0.15) is 0 Å². The van der Waals surface area contributed by atoms with E-state index in [4.69, 9.17) is 0 Å². The first kappa shape index (κ1) is 10.7. The monoisotopic (exact) mass is 204 g/mol. The Hall–Kier alpha value is -0.860. The van der Waals surface area contributed by atoms with E-state index in [-0.39, 0.29) is 0 Å². The van der Waals surface area contributed by atoms with Crippen molar-refractivity contribution in [3.63, 3.8) is 0 Å². The topological polar surface area (TPSA) is 15.3 Å². The molecule has 1 aliphatic rings. The van der Waals surface area contributed by atoms with Crippen molar-refractivity contribution in [2.75, 3.05) is 20.1 Å². The zero-order valence-corrected chi connectivity index (χ0v) is 9.66. The normalized spacial score (nSPS) is 21.1. The number of likely N-dealkylation sites (N-methyl/N-ethyl adjacent to an activating group) is 1. The van der Waals surface area contributed by atoms with Crippen LogP contribution in [-0.2, 0) is 6.54 Å². The zero-order chi connectivity index (χ0) is 10.7. The number of hydrogen-bond acceptors (Lipinski definition) is 2. The molecule has 0 amide bonds. The number of rotatable bonds is 3. The lowest BCUT2D eigenvalue weighted by Gasteiger charge is -2.24. The number of nitrogens with zero attached hydrogens (tertiary/aromatic N) is 1. The lowest BCUT2D eigenvalue weighted by atomic mass is 10.1. The van der Waals surface area contributed by atoms with Crippen LogP contribution in [0.15, 0.2) is 24.3 Å². The number of nitrogens with one attached hydrogen (secondary N) is 1.